The summed E-state index contributed by atoms with van der Waals surface area (Å²) in [6, 6.07) is 12.9. The average molecular weight is 414 g/mol. The van der Waals surface area contributed by atoms with Gasteiger partial charge in [0.25, 0.3) is 0 Å². The van der Waals surface area contributed by atoms with Crippen LogP contribution in [0.4, 0.5) is 5.69 Å². The molecule has 1 saturated carbocycles. The van der Waals surface area contributed by atoms with E-state index < -0.39 is 0 Å². The van der Waals surface area contributed by atoms with Crippen LogP contribution in [0, 0.1) is 0 Å². The van der Waals surface area contributed by atoms with Gasteiger partial charge in [0, 0.05) is 28.6 Å². The van der Waals surface area contributed by atoms with Gasteiger partial charge in [-0.1, -0.05) is 25.0 Å². The molecule has 0 spiro atoms. The van der Waals surface area contributed by atoms with Crippen molar-refractivity contribution in [2.45, 2.75) is 48.7 Å². The number of methoxy groups -OCH3 is 2. The summed E-state index contributed by atoms with van der Waals surface area (Å²) in [6.07, 6.45) is 5.29. The van der Waals surface area contributed by atoms with Gasteiger partial charge in [-0.25, -0.2) is 0 Å². The number of nitrogens with one attached hydrogen (secondary N) is 1. The second-order valence-corrected chi connectivity index (χ2v) is 8.40. The molecule has 0 unspecified atom stereocenters. The maximum atomic E-state index is 12.5. The van der Waals surface area contributed by atoms with Crippen molar-refractivity contribution in [3.63, 3.8) is 0 Å². The van der Waals surface area contributed by atoms with Crippen LogP contribution in [0.2, 0.25) is 0 Å². The van der Waals surface area contributed by atoms with Gasteiger partial charge in [-0.2, -0.15) is 0 Å². The number of anilines is 1. The quantitative estimate of drug-likeness (QED) is 0.562. The Morgan fingerprint density at radius 1 is 1.00 bits per heavy atom. The summed E-state index contributed by atoms with van der Waals surface area (Å²) in [5.74, 6) is 0.812. The highest BCUT2D eigenvalue weighted by atomic mass is 32.2. The van der Waals surface area contributed by atoms with Crippen molar-refractivity contribution in [2.24, 2.45) is 0 Å². The molecule has 3 rings (SSSR count). The van der Waals surface area contributed by atoms with Gasteiger partial charge < -0.3 is 14.8 Å². The fraction of sp³-hybridized carbons (Fsp3) is 0.391. The lowest BCUT2D eigenvalue weighted by atomic mass is 10.1. The first-order valence-corrected chi connectivity index (χ1v) is 10.8. The van der Waals surface area contributed by atoms with Crippen LogP contribution in [0.5, 0.6) is 11.5 Å². The van der Waals surface area contributed by atoms with E-state index in [2.05, 4.69) is 5.32 Å². The number of amides is 1. The van der Waals surface area contributed by atoms with Crippen LogP contribution < -0.4 is 14.8 Å². The van der Waals surface area contributed by atoms with Crippen molar-refractivity contribution in [3.8, 4) is 11.5 Å². The first kappa shape index (κ1) is 21.2. The average Bonchev–Trinajstić information content (AvgIpc) is 3.26. The fourth-order valence-electron chi connectivity index (χ4n) is 3.45. The predicted octanol–water partition coefficient (Wildman–Crippen LogP) is 5.34. The molecular formula is C23H27NO4S. The second kappa shape index (κ2) is 10.3. The molecule has 0 heterocycles. The zero-order chi connectivity index (χ0) is 20.6. The first-order chi connectivity index (χ1) is 14.1. The van der Waals surface area contributed by atoms with Gasteiger partial charge in [-0.15, -0.1) is 11.8 Å². The number of para-hydroxylation sites is 1. The molecule has 5 nitrogen and oxygen atoms in total. The normalized spacial score (nSPS) is 13.9. The Bertz CT molecular complexity index is 862. The summed E-state index contributed by atoms with van der Waals surface area (Å²) in [5, 5.41) is 3.60. The molecule has 0 atom stereocenters. The van der Waals surface area contributed by atoms with Gasteiger partial charge in [-0.05, 0) is 43.2 Å². The molecule has 0 saturated heterocycles. The lowest BCUT2D eigenvalue weighted by molar-refractivity contribution is -0.116. The monoisotopic (exact) mass is 413 g/mol. The van der Waals surface area contributed by atoms with E-state index in [4.69, 9.17) is 9.47 Å². The number of ether oxygens (including phenoxy) is 2. The Morgan fingerprint density at radius 3 is 2.45 bits per heavy atom. The number of thioether (sulfide) groups is 1. The van der Waals surface area contributed by atoms with E-state index in [-0.39, 0.29) is 24.5 Å². The minimum Gasteiger partial charge on any atom is -0.493 e. The number of ketones is 1. The van der Waals surface area contributed by atoms with Crippen LogP contribution >= 0.6 is 11.8 Å². The highest BCUT2D eigenvalue weighted by Gasteiger charge is 2.18. The van der Waals surface area contributed by atoms with Crippen LogP contribution in [0.1, 0.15) is 48.9 Å². The Labute approximate surface area is 176 Å². The second-order valence-electron chi connectivity index (χ2n) is 7.06. The molecule has 0 radical (unpaired) electrons. The summed E-state index contributed by atoms with van der Waals surface area (Å²) >= 11 is 1.84. The largest absolute Gasteiger partial charge is 0.493 e. The zero-order valence-electron chi connectivity index (χ0n) is 16.9. The summed E-state index contributed by atoms with van der Waals surface area (Å²) in [4.78, 5) is 26.0. The van der Waals surface area contributed by atoms with E-state index in [0.717, 1.165) is 10.6 Å². The Morgan fingerprint density at radius 2 is 1.72 bits per heavy atom. The van der Waals surface area contributed by atoms with Crippen LogP contribution in [0.25, 0.3) is 0 Å². The van der Waals surface area contributed by atoms with Gasteiger partial charge in [0.15, 0.2) is 17.3 Å². The molecule has 29 heavy (non-hydrogen) atoms. The molecule has 1 aliphatic rings. The van der Waals surface area contributed by atoms with Crippen molar-refractivity contribution in [3.05, 3.63) is 48.0 Å². The van der Waals surface area contributed by atoms with Gasteiger partial charge in [0.2, 0.25) is 5.91 Å². The summed E-state index contributed by atoms with van der Waals surface area (Å²) in [7, 11) is 3.08. The Balaban J connectivity index is 1.57. The van der Waals surface area contributed by atoms with Crippen LogP contribution in [0.3, 0.4) is 0 Å². The number of hydrogen-bond donors (Lipinski definition) is 1. The highest BCUT2D eigenvalue weighted by molar-refractivity contribution is 8.00. The molecule has 1 fully saturated rings. The molecular weight excluding hydrogens is 386 g/mol. The fourth-order valence-corrected chi connectivity index (χ4v) is 4.78. The number of hydrogen-bond acceptors (Lipinski definition) is 5. The SMILES string of the molecule is COc1ccc(C(=O)CCC(=O)Nc2ccccc2SC2CCCC2)cc1OC. The molecule has 1 aliphatic carbocycles. The molecule has 1 N–H and O–H groups in total. The van der Waals surface area contributed by atoms with Gasteiger partial charge in [0.1, 0.15) is 0 Å². The molecule has 2 aromatic carbocycles. The third-order valence-corrected chi connectivity index (χ3v) is 6.46. The van der Waals surface area contributed by atoms with E-state index in [1.807, 2.05) is 36.0 Å². The highest BCUT2D eigenvalue weighted by Crippen LogP contribution is 2.38. The molecule has 0 aliphatic heterocycles. The maximum absolute atomic E-state index is 12.5. The van der Waals surface area contributed by atoms with Crippen LogP contribution in [-0.2, 0) is 4.79 Å². The van der Waals surface area contributed by atoms with Gasteiger partial charge in [0.05, 0.1) is 19.9 Å². The Hall–Kier alpha value is -2.47. The minimum absolute atomic E-state index is 0.102. The number of carbonyl (C=O) groups excluding carboxylic acids is 2. The molecule has 0 aromatic heterocycles. The zero-order valence-corrected chi connectivity index (χ0v) is 17.7. The number of rotatable bonds is 9. The lowest BCUT2D eigenvalue weighted by Crippen LogP contribution is -2.14. The summed E-state index contributed by atoms with van der Waals surface area (Å²) < 4.78 is 10.4. The number of Topliss-reactive ketones (excluding diaryl/α,β-unsaturated/α-hetero) is 1. The first-order valence-electron chi connectivity index (χ1n) is 9.91. The van der Waals surface area contributed by atoms with Crippen LogP contribution in [-0.4, -0.2) is 31.2 Å². The van der Waals surface area contributed by atoms with Crippen molar-refractivity contribution in [2.75, 3.05) is 19.5 Å². The third-order valence-electron chi connectivity index (χ3n) is 5.04. The maximum Gasteiger partial charge on any atom is 0.224 e. The molecule has 1 amide bonds. The molecule has 0 bridgehead atoms. The number of benzene rings is 2. The predicted molar refractivity (Wildman–Crippen MR) is 116 cm³/mol. The molecule has 2 aromatic rings. The topological polar surface area (TPSA) is 64.6 Å². The van der Waals surface area contributed by atoms with Gasteiger partial charge in [-0.3, -0.25) is 9.59 Å². The summed E-state index contributed by atoms with van der Waals surface area (Å²) in [6.45, 7) is 0. The minimum atomic E-state index is -0.154. The van der Waals surface area contributed by atoms with E-state index in [0.29, 0.717) is 22.3 Å². The number of carbonyl (C=O) groups is 2. The van der Waals surface area contributed by atoms with E-state index in [1.54, 1.807) is 25.3 Å². The lowest BCUT2D eigenvalue weighted by Gasteiger charge is -2.14. The third kappa shape index (κ3) is 5.76. The van der Waals surface area contributed by atoms with Gasteiger partial charge >= 0.3 is 0 Å². The molecule has 6 heteroatoms. The van der Waals surface area contributed by atoms with Crippen LogP contribution in [0.15, 0.2) is 47.4 Å². The van der Waals surface area contributed by atoms with E-state index in [1.165, 1.54) is 32.8 Å². The Kier molecular flexibility index (Phi) is 7.58. The summed E-state index contributed by atoms with van der Waals surface area (Å²) in [5.41, 5.74) is 1.33. The smallest absolute Gasteiger partial charge is 0.224 e. The van der Waals surface area contributed by atoms with E-state index in [9.17, 15) is 9.59 Å². The molecule has 154 valence electrons. The van der Waals surface area contributed by atoms with E-state index >= 15 is 0 Å². The van der Waals surface area contributed by atoms with Crippen molar-refractivity contribution >= 4 is 29.1 Å². The standard InChI is InChI=1S/C23H27NO4S/c1-27-20-13-11-16(15-21(20)28-2)19(25)12-14-23(26)24-18-9-5-6-10-22(18)29-17-7-3-4-8-17/h5-6,9-11,13,15,17H,3-4,7-8,12,14H2,1-2H3,(H,24,26). The van der Waals surface area contributed by atoms with Crippen molar-refractivity contribution < 1.29 is 19.1 Å². The van der Waals surface area contributed by atoms with Crippen molar-refractivity contribution in [1.29, 1.82) is 0 Å². The van der Waals surface area contributed by atoms with Crippen molar-refractivity contribution in [1.82, 2.24) is 0 Å².